The minimum atomic E-state index is -0.328. The molecule has 0 spiro atoms. The minimum absolute atomic E-state index is 0.328. The molecular formula is C9H6BrFN2. The molecule has 0 aliphatic rings. The average Bonchev–Trinajstić information content (AvgIpc) is 2.12. The summed E-state index contributed by atoms with van der Waals surface area (Å²) in [6.07, 6.45) is 0. The normalized spacial score (nSPS) is 10.6. The number of halogens is 2. The summed E-state index contributed by atoms with van der Waals surface area (Å²) in [4.78, 5) is 4.03. The Balaban J connectivity index is 2.89. The van der Waals surface area contributed by atoms with Gasteiger partial charge in [-0.3, -0.25) is 0 Å². The summed E-state index contributed by atoms with van der Waals surface area (Å²) >= 11 is 3.12. The first kappa shape index (κ1) is 8.44. The van der Waals surface area contributed by atoms with Crippen LogP contribution >= 0.6 is 15.9 Å². The summed E-state index contributed by atoms with van der Waals surface area (Å²) in [5.41, 5.74) is 6.04. The number of nitrogen functional groups attached to an aromatic ring is 1. The molecule has 0 aliphatic carbocycles. The van der Waals surface area contributed by atoms with Crippen molar-refractivity contribution < 1.29 is 4.39 Å². The molecule has 1 aromatic heterocycles. The molecule has 2 N–H and O–H groups in total. The lowest BCUT2D eigenvalue weighted by Gasteiger charge is -2.01. The monoisotopic (exact) mass is 240 g/mol. The molecule has 13 heavy (non-hydrogen) atoms. The van der Waals surface area contributed by atoms with Crippen molar-refractivity contribution in [3.05, 3.63) is 34.6 Å². The van der Waals surface area contributed by atoms with Gasteiger partial charge in [0.2, 0.25) is 0 Å². The van der Waals surface area contributed by atoms with Gasteiger partial charge in [-0.2, -0.15) is 0 Å². The zero-order chi connectivity index (χ0) is 9.42. The van der Waals surface area contributed by atoms with Crippen LogP contribution in [0.3, 0.4) is 0 Å². The molecule has 4 heteroatoms. The highest BCUT2D eigenvalue weighted by atomic mass is 79.9. The molecule has 1 heterocycles. The summed E-state index contributed by atoms with van der Waals surface area (Å²) in [5, 5.41) is 0.863. The van der Waals surface area contributed by atoms with Gasteiger partial charge in [0, 0.05) is 5.39 Å². The van der Waals surface area contributed by atoms with Crippen LogP contribution in [0.4, 0.5) is 10.2 Å². The van der Waals surface area contributed by atoms with Gasteiger partial charge in [-0.25, -0.2) is 9.37 Å². The first-order valence-corrected chi connectivity index (χ1v) is 4.48. The second-order valence-corrected chi connectivity index (χ2v) is 3.46. The van der Waals surface area contributed by atoms with Crippen LogP contribution in [0.15, 0.2) is 28.7 Å². The van der Waals surface area contributed by atoms with E-state index in [0.717, 1.165) is 5.39 Å². The lowest BCUT2D eigenvalue weighted by Crippen LogP contribution is -1.91. The zero-order valence-corrected chi connectivity index (χ0v) is 8.18. The predicted octanol–water partition coefficient (Wildman–Crippen LogP) is 2.72. The number of pyridine rings is 1. The molecule has 66 valence electrons. The summed E-state index contributed by atoms with van der Waals surface area (Å²) in [6.45, 7) is 0. The minimum Gasteiger partial charge on any atom is -0.384 e. The Hall–Kier alpha value is -1.16. The third-order valence-electron chi connectivity index (χ3n) is 1.77. The molecule has 2 rings (SSSR count). The number of fused-ring (bicyclic) bond motifs is 1. The smallest absolute Gasteiger partial charge is 0.139 e. The number of hydrogen-bond acceptors (Lipinski definition) is 2. The van der Waals surface area contributed by atoms with Crippen molar-refractivity contribution in [2.45, 2.75) is 0 Å². The molecule has 0 saturated heterocycles. The van der Waals surface area contributed by atoms with Crippen LogP contribution in [0.25, 0.3) is 10.9 Å². The number of nitrogens with two attached hydrogens (primary N) is 1. The van der Waals surface area contributed by atoms with Crippen LogP contribution in [0, 0.1) is 5.82 Å². The van der Waals surface area contributed by atoms with Crippen molar-refractivity contribution in [3.8, 4) is 0 Å². The van der Waals surface area contributed by atoms with Crippen LogP contribution < -0.4 is 5.73 Å². The van der Waals surface area contributed by atoms with Crippen molar-refractivity contribution in [2.24, 2.45) is 0 Å². The molecule has 0 amide bonds. The fraction of sp³-hybridized carbons (Fsp3) is 0. The Morgan fingerprint density at radius 3 is 2.69 bits per heavy atom. The molecule has 0 aliphatic heterocycles. The number of hydrogen-bond donors (Lipinski definition) is 1. The number of benzene rings is 1. The molecule has 0 radical (unpaired) electrons. The van der Waals surface area contributed by atoms with Crippen LogP contribution in [0.5, 0.6) is 0 Å². The van der Waals surface area contributed by atoms with Crippen molar-refractivity contribution in [2.75, 3.05) is 5.73 Å². The van der Waals surface area contributed by atoms with E-state index in [-0.39, 0.29) is 5.82 Å². The van der Waals surface area contributed by atoms with Gasteiger partial charge in [0.15, 0.2) is 0 Å². The van der Waals surface area contributed by atoms with Gasteiger partial charge in [0.1, 0.15) is 11.6 Å². The van der Waals surface area contributed by atoms with Gasteiger partial charge < -0.3 is 5.73 Å². The lowest BCUT2D eigenvalue weighted by molar-refractivity contribution is 0.623. The van der Waals surface area contributed by atoms with Crippen molar-refractivity contribution in [3.63, 3.8) is 0 Å². The van der Waals surface area contributed by atoms with E-state index in [4.69, 9.17) is 5.73 Å². The van der Waals surface area contributed by atoms with E-state index < -0.39 is 0 Å². The zero-order valence-electron chi connectivity index (χ0n) is 6.59. The lowest BCUT2D eigenvalue weighted by atomic mass is 10.2. The molecule has 0 bridgehead atoms. The Bertz CT molecular complexity index is 465. The fourth-order valence-corrected chi connectivity index (χ4v) is 1.59. The highest BCUT2D eigenvalue weighted by Gasteiger charge is 2.05. The number of rotatable bonds is 0. The molecular weight excluding hydrogens is 235 g/mol. The third-order valence-corrected chi connectivity index (χ3v) is 2.53. The fourth-order valence-electron chi connectivity index (χ4n) is 1.14. The van der Waals surface area contributed by atoms with Gasteiger partial charge >= 0.3 is 0 Å². The first-order chi connectivity index (χ1) is 6.18. The third kappa shape index (κ3) is 1.37. The molecule has 0 fully saturated rings. The van der Waals surface area contributed by atoms with E-state index in [0.29, 0.717) is 15.8 Å². The van der Waals surface area contributed by atoms with Crippen LogP contribution in [-0.2, 0) is 0 Å². The first-order valence-electron chi connectivity index (χ1n) is 3.69. The average molecular weight is 241 g/mol. The van der Waals surface area contributed by atoms with Crippen LogP contribution in [-0.4, -0.2) is 4.98 Å². The van der Waals surface area contributed by atoms with Gasteiger partial charge in [-0.05, 0) is 40.2 Å². The largest absolute Gasteiger partial charge is 0.384 e. The van der Waals surface area contributed by atoms with Crippen molar-refractivity contribution in [1.29, 1.82) is 0 Å². The Morgan fingerprint density at radius 2 is 1.92 bits per heavy atom. The molecule has 2 aromatic rings. The van der Waals surface area contributed by atoms with Gasteiger partial charge in [-0.1, -0.05) is 0 Å². The summed E-state index contributed by atoms with van der Waals surface area (Å²) in [7, 11) is 0. The molecule has 0 atom stereocenters. The second kappa shape index (κ2) is 2.96. The van der Waals surface area contributed by atoms with E-state index in [9.17, 15) is 4.39 Å². The molecule has 0 unspecified atom stereocenters. The predicted molar refractivity (Wildman–Crippen MR) is 53.8 cm³/mol. The highest BCUT2D eigenvalue weighted by Crippen LogP contribution is 2.25. The Labute approximate surface area is 82.7 Å². The molecule has 1 aromatic carbocycles. The maximum absolute atomic E-state index is 13.1. The quantitative estimate of drug-likeness (QED) is 0.770. The summed E-state index contributed by atoms with van der Waals surface area (Å²) in [5.74, 6) is 0.0596. The van der Waals surface area contributed by atoms with Crippen LogP contribution in [0.1, 0.15) is 0 Å². The Morgan fingerprint density at radius 1 is 1.23 bits per heavy atom. The van der Waals surface area contributed by atoms with E-state index in [2.05, 4.69) is 20.9 Å². The maximum atomic E-state index is 13.1. The number of aromatic nitrogens is 1. The van der Waals surface area contributed by atoms with E-state index in [1.54, 1.807) is 12.1 Å². The standard InChI is InChI=1S/C9H6BrFN2/c10-8-6(11)3-1-5-2-4-7(12)13-9(5)8/h1-4H,(H2,12,13). The van der Waals surface area contributed by atoms with E-state index in [1.807, 2.05) is 6.07 Å². The summed E-state index contributed by atoms with van der Waals surface area (Å²) in [6, 6.07) is 6.56. The highest BCUT2D eigenvalue weighted by molar-refractivity contribution is 9.10. The van der Waals surface area contributed by atoms with Crippen molar-refractivity contribution in [1.82, 2.24) is 4.98 Å². The van der Waals surface area contributed by atoms with Crippen molar-refractivity contribution >= 4 is 32.7 Å². The van der Waals surface area contributed by atoms with Crippen LogP contribution in [0.2, 0.25) is 0 Å². The van der Waals surface area contributed by atoms with E-state index >= 15 is 0 Å². The maximum Gasteiger partial charge on any atom is 0.139 e. The van der Waals surface area contributed by atoms with E-state index in [1.165, 1.54) is 6.07 Å². The summed E-state index contributed by atoms with van der Waals surface area (Å²) < 4.78 is 13.4. The SMILES string of the molecule is Nc1ccc2ccc(F)c(Br)c2n1. The Kier molecular flexibility index (Phi) is 1.92. The topological polar surface area (TPSA) is 38.9 Å². The van der Waals surface area contributed by atoms with Gasteiger partial charge in [-0.15, -0.1) is 0 Å². The number of anilines is 1. The molecule has 2 nitrogen and oxygen atoms in total. The van der Waals surface area contributed by atoms with Gasteiger partial charge in [0.05, 0.1) is 9.99 Å². The number of nitrogens with zero attached hydrogens (tertiary/aromatic N) is 1. The van der Waals surface area contributed by atoms with Gasteiger partial charge in [0.25, 0.3) is 0 Å². The molecule has 0 saturated carbocycles. The second-order valence-electron chi connectivity index (χ2n) is 2.67.